The Labute approximate surface area is 210 Å². The van der Waals surface area contributed by atoms with Gasteiger partial charge in [-0.3, -0.25) is 19.3 Å². The zero-order chi connectivity index (χ0) is 24.5. The molecule has 0 radical (unpaired) electrons. The number of carbonyl (C=O) groups is 3. The highest BCUT2D eigenvalue weighted by Gasteiger charge is 2.37. The van der Waals surface area contributed by atoms with Gasteiger partial charge < -0.3 is 14.2 Å². The maximum absolute atomic E-state index is 14.4. The molecule has 10 heteroatoms. The summed E-state index contributed by atoms with van der Waals surface area (Å²) in [6.45, 7) is 1.67. The van der Waals surface area contributed by atoms with E-state index in [1.54, 1.807) is 29.3 Å². The quantitative estimate of drug-likeness (QED) is 0.474. The van der Waals surface area contributed by atoms with Crippen molar-refractivity contribution < 1.29 is 23.5 Å². The number of fused-ring (bicyclic) bond motifs is 1. The molecule has 2 aliphatic rings. The fourth-order valence-electron chi connectivity index (χ4n) is 4.20. The summed E-state index contributed by atoms with van der Waals surface area (Å²) in [6, 6.07) is 12.1. The molecular weight excluding hydrogens is 493 g/mol. The van der Waals surface area contributed by atoms with E-state index in [1.165, 1.54) is 6.07 Å². The lowest BCUT2D eigenvalue weighted by Gasteiger charge is -2.28. The van der Waals surface area contributed by atoms with Crippen LogP contribution in [0, 0.1) is 5.82 Å². The predicted octanol–water partition coefficient (Wildman–Crippen LogP) is 4.38. The number of halogens is 2. The second-order valence-corrected chi connectivity index (χ2v) is 9.59. The molecular formula is C25H21ClFN3O4S. The molecule has 0 saturated carbocycles. The largest absolute Gasteiger partial charge is 0.378 e. The van der Waals surface area contributed by atoms with Gasteiger partial charge in [0.1, 0.15) is 12.4 Å². The minimum Gasteiger partial charge on any atom is -0.378 e. The maximum atomic E-state index is 14.4. The minimum absolute atomic E-state index is 0.204. The number of imide groups is 1. The van der Waals surface area contributed by atoms with Gasteiger partial charge in [-0.05, 0) is 36.0 Å². The monoisotopic (exact) mass is 513 g/mol. The lowest BCUT2D eigenvalue weighted by atomic mass is 10.1. The summed E-state index contributed by atoms with van der Waals surface area (Å²) in [5.74, 6) is -1.19. The molecule has 3 heterocycles. The highest BCUT2D eigenvalue weighted by Crippen LogP contribution is 2.34. The first kappa shape index (κ1) is 23.6. The van der Waals surface area contributed by atoms with Crippen LogP contribution in [0.5, 0.6) is 0 Å². The molecule has 3 amide bonds. The summed E-state index contributed by atoms with van der Waals surface area (Å²) in [4.78, 5) is 40.9. The van der Waals surface area contributed by atoms with E-state index in [0.29, 0.717) is 42.5 Å². The van der Waals surface area contributed by atoms with E-state index in [1.807, 2.05) is 28.8 Å². The van der Waals surface area contributed by atoms with Gasteiger partial charge in [0.05, 0.1) is 24.7 Å². The van der Waals surface area contributed by atoms with E-state index in [-0.39, 0.29) is 23.9 Å². The second-order valence-electron chi connectivity index (χ2n) is 8.19. The number of para-hydroxylation sites is 1. The normalized spacial score (nSPS) is 17.7. The van der Waals surface area contributed by atoms with Gasteiger partial charge in [-0.25, -0.2) is 4.39 Å². The van der Waals surface area contributed by atoms with Gasteiger partial charge in [0.2, 0.25) is 5.91 Å². The van der Waals surface area contributed by atoms with Crippen molar-refractivity contribution in [3.8, 4) is 0 Å². The summed E-state index contributed by atoms with van der Waals surface area (Å²) in [7, 11) is 0. The van der Waals surface area contributed by atoms with Crippen molar-refractivity contribution in [1.82, 2.24) is 14.4 Å². The minimum atomic E-state index is -0.504. The van der Waals surface area contributed by atoms with Crippen LogP contribution in [0.2, 0.25) is 5.02 Å². The first-order chi connectivity index (χ1) is 16.9. The van der Waals surface area contributed by atoms with Crippen molar-refractivity contribution >= 4 is 57.4 Å². The Bertz CT molecular complexity index is 1350. The smallest absolute Gasteiger partial charge is 0.294 e. The van der Waals surface area contributed by atoms with Crippen molar-refractivity contribution in [2.24, 2.45) is 0 Å². The molecule has 35 heavy (non-hydrogen) atoms. The zero-order valence-electron chi connectivity index (χ0n) is 18.6. The van der Waals surface area contributed by atoms with Crippen LogP contribution in [0.4, 0.5) is 9.18 Å². The highest BCUT2D eigenvalue weighted by molar-refractivity contribution is 8.18. The van der Waals surface area contributed by atoms with Gasteiger partial charge in [-0.15, -0.1) is 0 Å². The van der Waals surface area contributed by atoms with Crippen LogP contribution in [-0.4, -0.2) is 64.3 Å². The number of hydrogen-bond acceptors (Lipinski definition) is 5. The molecule has 0 aliphatic carbocycles. The van der Waals surface area contributed by atoms with Gasteiger partial charge in [0.25, 0.3) is 11.1 Å². The van der Waals surface area contributed by atoms with E-state index in [2.05, 4.69) is 0 Å². The molecule has 2 fully saturated rings. The Morgan fingerprint density at radius 1 is 1.11 bits per heavy atom. The lowest BCUT2D eigenvalue weighted by Crippen LogP contribution is -2.46. The van der Waals surface area contributed by atoms with Crippen molar-refractivity contribution in [1.29, 1.82) is 0 Å². The number of morpholine rings is 1. The Morgan fingerprint density at radius 3 is 2.66 bits per heavy atom. The summed E-state index contributed by atoms with van der Waals surface area (Å²) >= 11 is 7.03. The number of carbonyl (C=O) groups excluding carboxylic acids is 3. The zero-order valence-corrected chi connectivity index (χ0v) is 20.2. The fourth-order valence-corrected chi connectivity index (χ4v) is 5.25. The van der Waals surface area contributed by atoms with Crippen LogP contribution in [0.15, 0.2) is 53.6 Å². The number of amides is 3. The third-order valence-electron chi connectivity index (χ3n) is 6.03. The van der Waals surface area contributed by atoms with E-state index in [0.717, 1.165) is 27.6 Å². The molecule has 0 N–H and O–H groups in total. The molecule has 3 aromatic rings. The molecule has 0 spiro atoms. The first-order valence-corrected chi connectivity index (χ1v) is 12.2. The number of nitrogens with zero attached hydrogens (tertiary/aromatic N) is 3. The van der Waals surface area contributed by atoms with Gasteiger partial charge in [-0.1, -0.05) is 35.9 Å². The number of thioether (sulfide) groups is 1. The summed E-state index contributed by atoms with van der Waals surface area (Å²) in [5, 5.41) is 0.691. The van der Waals surface area contributed by atoms with Gasteiger partial charge in [0, 0.05) is 46.3 Å². The Hall–Kier alpha value is -3.14. The molecule has 7 nitrogen and oxygen atoms in total. The number of hydrogen-bond donors (Lipinski definition) is 0. The van der Waals surface area contributed by atoms with Crippen LogP contribution in [0.25, 0.3) is 17.0 Å². The number of aromatic nitrogens is 1. The van der Waals surface area contributed by atoms with Crippen molar-refractivity contribution in [3.05, 3.63) is 75.5 Å². The Kier molecular flexibility index (Phi) is 6.64. The molecule has 0 atom stereocenters. The second kappa shape index (κ2) is 9.85. The number of benzene rings is 2. The summed E-state index contributed by atoms with van der Waals surface area (Å²) < 4.78 is 21.5. The maximum Gasteiger partial charge on any atom is 0.294 e. The number of ether oxygens (including phenoxy) is 1. The SMILES string of the molecule is O=C(CN1C(=O)S/C(=C\c2cn(Cc3c(F)cccc3Cl)c3ccccc23)C1=O)N1CCOCC1. The molecule has 180 valence electrons. The fraction of sp³-hybridized carbons (Fsp3) is 0.240. The third-order valence-corrected chi connectivity index (χ3v) is 7.29. The molecule has 5 rings (SSSR count). The van der Waals surface area contributed by atoms with Crippen molar-refractivity contribution in [2.75, 3.05) is 32.8 Å². The van der Waals surface area contributed by atoms with Crippen molar-refractivity contribution in [2.45, 2.75) is 6.54 Å². The van der Waals surface area contributed by atoms with E-state index in [9.17, 15) is 18.8 Å². The molecule has 1 aromatic heterocycles. The third kappa shape index (κ3) is 4.71. The van der Waals surface area contributed by atoms with E-state index in [4.69, 9.17) is 16.3 Å². The van der Waals surface area contributed by atoms with E-state index >= 15 is 0 Å². The molecule has 2 aliphatic heterocycles. The first-order valence-electron chi connectivity index (χ1n) is 11.0. The van der Waals surface area contributed by atoms with Gasteiger partial charge >= 0.3 is 0 Å². The van der Waals surface area contributed by atoms with Crippen LogP contribution >= 0.6 is 23.4 Å². The Morgan fingerprint density at radius 2 is 1.89 bits per heavy atom. The Balaban J connectivity index is 1.42. The topological polar surface area (TPSA) is 71.9 Å². The lowest BCUT2D eigenvalue weighted by molar-refractivity contribution is -0.139. The summed E-state index contributed by atoms with van der Waals surface area (Å²) in [6.07, 6.45) is 3.45. The molecule has 2 aromatic carbocycles. The average Bonchev–Trinajstić information content (AvgIpc) is 3.34. The number of rotatable bonds is 5. The average molecular weight is 514 g/mol. The molecule has 0 bridgehead atoms. The standard InChI is InChI=1S/C25H21ClFN3O4S/c26-19-5-3-6-20(27)18(19)14-29-13-16(17-4-1-2-7-21(17)29)12-22-24(32)30(25(33)35-22)15-23(31)28-8-10-34-11-9-28/h1-7,12-13H,8-11,14-15H2/b22-12-. The van der Waals surface area contributed by atoms with Crippen LogP contribution in [0.1, 0.15) is 11.1 Å². The van der Waals surface area contributed by atoms with Crippen LogP contribution in [0.3, 0.4) is 0 Å². The molecule has 2 saturated heterocycles. The predicted molar refractivity (Wildman–Crippen MR) is 133 cm³/mol. The van der Waals surface area contributed by atoms with Crippen LogP contribution in [-0.2, 0) is 20.9 Å². The van der Waals surface area contributed by atoms with Crippen LogP contribution < -0.4 is 0 Å². The van der Waals surface area contributed by atoms with E-state index < -0.39 is 17.0 Å². The van der Waals surface area contributed by atoms with Gasteiger partial charge in [-0.2, -0.15) is 0 Å². The summed E-state index contributed by atoms with van der Waals surface area (Å²) in [5.41, 5.74) is 1.90. The molecule has 0 unspecified atom stereocenters. The van der Waals surface area contributed by atoms with Gasteiger partial charge in [0.15, 0.2) is 0 Å². The van der Waals surface area contributed by atoms with Crippen molar-refractivity contribution in [3.63, 3.8) is 0 Å². The highest BCUT2D eigenvalue weighted by atomic mass is 35.5.